The topological polar surface area (TPSA) is 41.1 Å². The number of carbonyl (C=O) groups is 1. The molecule has 96 valence electrons. The number of hydrogen-bond donors (Lipinski definition) is 2. The monoisotopic (exact) mass is 244 g/mol. The number of nitrogens with one attached hydrogen (secondary N) is 2. The van der Waals surface area contributed by atoms with Crippen LogP contribution >= 0.6 is 0 Å². The summed E-state index contributed by atoms with van der Waals surface area (Å²) in [5.74, 6) is 2.90. The van der Waals surface area contributed by atoms with E-state index in [1.54, 1.807) is 0 Å². The lowest BCUT2D eigenvalue weighted by molar-refractivity contribution is 0.242. The summed E-state index contributed by atoms with van der Waals surface area (Å²) < 4.78 is 0. The Morgan fingerprint density at radius 2 is 1.94 bits per heavy atom. The van der Waals surface area contributed by atoms with E-state index in [0.29, 0.717) is 12.5 Å². The van der Waals surface area contributed by atoms with E-state index in [4.69, 9.17) is 6.42 Å². The van der Waals surface area contributed by atoms with Gasteiger partial charge in [-0.15, -0.1) is 6.42 Å². The molecule has 2 amide bonds. The highest BCUT2D eigenvalue weighted by atomic mass is 16.2. The molecular formula is C15H20N2O. The summed E-state index contributed by atoms with van der Waals surface area (Å²) in [5.41, 5.74) is 2.55. The molecule has 0 aliphatic heterocycles. The van der Waals surface area contributed by atoms with Crippen molar-refractivity contribution in [1.29, 1.82) is 0 Å². The smallest absolute Gasteiger partial charge is 0.315 e. The van der Waals surface area contributed by atoms with Gasteiger partial charge in [0.25, 0.3) is 0 Å². The van der Waals surface area contributed by atoms with Crippen LogP contribution in [0.1, 0.15) is 30.9 Å². The minimum absolute atomic E-state index is 0.216. The van der Waals surface area contributed by atoms with Crippen LogP contribution in [0.4, 0.5) is 4.79 Å². The first-order chi connectivity index (χ1) is 8.63. The largest absolute Gasteiger partial charge is 0.338 e. The van der Waals surface area contributed by atoms with Gasteiger partial charge in [0.05, 0.1) is 6.54 Å². The number of hydrogen-bond acceptors (Lipinski definition) is 1. The van der Waals surface area contributed by atoms with Crippen LogP contribution in [-0.2, 0) is 6.42 Å². The molecular weight excluding hydrogens is 224 g/mol. The van der Waals surface area contributed by atoms with Crippen molar-refractivity contribution in [3.8, 4) is 12.3 Å². The fourth-order valence-corrected chi connectivity index (χ4v) is 1.58. The average Bonchev–Trinajstić information content (AvgIpc) is 2.37. The predicted molar refractivity (Wildman–Crippen MR) is 74.5 cm³/mol. The second kappa shape index (κ2) is 7.39. The van der Waals surface area contributed by atoms with E-state index in [0.717, 1.165) is 6.42 Å². The first-order valence-electron chi connectivity index (χ1n) is 6.17. The van der Waals surface area contributed by atoms with Crippen molar-refractivity contribution in [1.82, 2.24) is 10.6 Å². The number of rotatable bonds is 5. The third-order valence-electron chi connectivity index (χ3n) is 2.70. The lowest BCUT2D eigenvalue weighted by atomic mass is 10.0. The molecule has 1 aromatic carbocycles. The maximum atomic E-state index is 11.2. The summed E-state index contributed by atoms with van der Waals surface area (Å²) >= 11 is 0. The average molecular weight is 244 g/mol. The predicted octanol–water partition coefficient (Wildman–Crippen LogP) is 2.28. The summed E-state index contributed by atoms with van der Waals surface area (Å²) in [7, 11) is 0. The summed E-state index contributed by atoms with van der Waals surface area (Å²) in [6.07, 6.45) is 5.86. The highest BCUT2D eigenvalue weighted by molar-refractivity contribution is 5.74. The molecule has 0 fully saturated rings. The molecule has 0 aromatic heterocycles. The van der Waals surface area contributed by atoms with Crippen LogP contribution in [0.15, 0.2) is 24.3 Å². The lowest BCUT2D eigenvalue weighted by Crippen LogP contribution is -2.36. The Bertz CT molecular complexity index is 415. The molecule has 0 radical (unpaired) electrons. The number of terminal acetylenes is 1. The second-order valence-electron chi connectivity index (χ2n) is 4.46. The van der Waals surface area contributed by atoms with Crippen LogP contribution < -0.4 is 10.6 Å². The number of urea groups is 1. The van der Waals surface area contributed by atoms with Gasteiger partial charge < -0.3 is 10.6 Å². The Kier molecular flexibility index (Phi) is 5.79. The van der Waals surface area contributed by atoms with Crippen LogP contribution in [0.5, 0.6) is 0 Å². The zero-order chi connectivity index (χ0) is 13.4. The van der Waals surface area contributed by atoms with Crippen LogP contribution in [-0.4, -0.2) is 19.1 Å². The van der Waals surface area contributed by atoms with E-state index in [-0.39, 0.29) is 12.6 Å². The van der Waals surface area contributed by atoms with E-state index in [2.05, 4.69) is 54.7 Å². The van der Waals surface area contributed by atoms with Gasteiger partial charge in [0.1, 0.15) is 0 Å². The van der Waals surface area contributed by atoms with Crippen LogP contribution in [0.2, 0.25) is 0 Å². The fraction of sp³-hybridized carbons (Fsp3) is 0.400. The van der Waals surface area contributed by atoms with Gasteiger partial charge in [-0.3, -0.25) is 0 Å². The van der Waals surface area contributed by atoms with Crippen molar-refractivity contribution in [2.45, 2.75) is 26.2 Å². The number of benzene rings is 1. The van der Waals surface area contributed by atoms with Crippen molar-refractivity contribution in [2.75, 3.05) is 13.1 Å². The molecule has 3 nitrogen and oxygen atoms in total. The van der Waals surface area contributed by atoms with E-state index in [9.17, 15) is 4.79 Å². The van der Waals surface area contributed by atoms with Gasteiger partial charge >= 0.3 is 6.03 Å². The minimum atomic E-state index is -0.216. The highest BCUT2D eigenvalue weighted by Gasteiger charge is 2.00. The standard InChI is InChI=1S/C15H20N2O/c1-4-10-16-15(18)17-11-9-13-5-7-14(8-6-13)12(2)3/h1,5-8,12H,9-11H2,2-3H3,(H2,16,17,18). The second-order valence-corrected chi connectivity index (χ2v) is 4.46. The van der Waals surface area contributed by atoms with Crippen LogP contribution in [0.3, 0.4) is 0 Å². The SMILES string of the molecule is C#CCNC(=O)NCCc1ccc(C(C)C)cc1. The summed E-state index contributed by atoms with van der Waals surface area (Å²) in [4.78, 5) is 11.2. The molecule has 18 heavy (non-hydrogen) atoms. The molecule has 0 spiro atoms. The van der Waals surface area contributed by atoms with E-state index >= 15 is 0 Å². The van der Waals surface area contributed by atoms with E-state index in [1.165, 1.54) is 11.1 Å². The van der Waals surface area contributed by atoms with Crippen LogP contribution in [0.25, 0.3) is 0 Å². The molecule has 0 aliphatic carbocycles. The Labute approximate surface area is 109 Å². The van der Waals surface area contributed by atoms with Gasteiger partial charge in [0, 0.05) is 6.54 Å². The fourth-order valence-electron chi connectivity index (χ4n) is 1.58. The van der Waals surface area contributed by atoms with Crippen molar-refractivity contribution in [3.63, 3.8) is 0 Å². The lowest BCUT2D eigenvalue weighted by Gasteiger charge is -2.08. The molecule has 0 bridgehead atoms. The van der Waals surface area contributed by atoms with E-state index < -0.39 is 0 Å². The van der Waals surface area contributed by atoms with Crippen molar-refractivity contribution in [3.05, 3.63) is 35.4 Å². The molecule has 0 heterocycles. The van der Waals surface area contributed by atoms with Crippen molar-refractivity contribution >= 4 is 6.03 Å². The van der Waals surface area contributed by atoms with Gasteiger partial charge in [-0.1, -0.05) is 44.0 Å². The Morgan fingerprint density at radius 1 is 1.28 bits per heavy atom. The molecule has 0 aliphatic rings. The van der Waals surface area contributed by atoms with Gasteiger partial charge in [0.2, 0.25) is 0 Å². The zero-order valence-corrected chi connectivity index (χ0v) is 11.0. The normalized spacial score (nSPS) is 9.89. The molecule has 0 unspecified atom stereocenters. The Balaban J connectivity index is 2.31. The van der Waals surface area contributed by atoms with E-state index in [1.807, 2.05) is 0 Å². The van der Waals surface area contributed by atoms with Crippen molar-refractivity contribution < 1.29 is 4.79 Å². The summed E-state index contributed by atoms with van der Waals surface area (Å²) in [5, 5.41) is 5.31. The van der Waals surface area contributed by atoms with Crippen molar-refractivity contribution in [2.24, 2.45) is 0 Å². The molecule has 0 saturated carbocycles. The summed E-state index contributed by atoms with van der Waals surface area (Å²) in [6, 6.07) is 8.27. The number of amides is 2. The Morgan fingerprint density at radius 3 is 2.50 bits per heavy atom. The molecule has 0 saturated heterocycles. The maximum Gasteiger partial charge on any atom is 0.315 e. The third kappa shape index (κ3) is 4.92. The third-order valence-corrected chi connectivity index (χ3v) is 2.70. The van der Waals surface area contributed by atoms with Gasteiger partial charge in [-0.2, -0.15) is 0 Å². The van der Waals surface area contributed by atoms with Crippen LogP contribution in [0, 0.1) is 12.3 Å². The van der Waals surface area contributed by atoms with Gasteiger partial charge in [-0.05, 0) is 23.5 Å². The Hall–Kier alpha value is -1.95. The highest BCUT2D eigenvalue weighted by Crippen LogP contribution is 2.14. The molecule has 1 aromatic rings. The molecule has 1 rings (SSSR count). The zero-order valence-electron chi connectivity index (χ0n) is 11.0. The molecule has 3 heteroatoms. The minimum Gasteiger partial charge on any atom is -0.338 e. The molecule has 0 atom stereocenters. The first-order valence-corrected chi connectivity index (χ1v) is 6.17. The van der Waals surface area contributed by atoms with Gasteiger partial charge in [-0.25, -0.2) is 4.79 Å². The first kappa shape index (κ1) is 14.1. The maximum absolute atomic E-state index is 11.2. The number of carbonyl (C=O) groups excluding carboxylic acids is 1. The van der Waals surface area contributed by atoms with Gasteiger partial charge in [0.15, 0.2) is 0 Å². The quantitative estimate of drug-likeness (QED) is 0.767. The molecule has 2 N–H and O–H groups in total. The summed E-state index contributed by atoms with van der Waals surface area (Å²) in [6.45, 7) is 5.21.